The maximum absolute atomic E-state index is 13.4. The quantitative estimate of drug-likeness (QED) is 0.573. The van der Waals surface area contributed by atoms with Gasteiger partial charge in [0.1, 0.15) is 17.7 Å². The Kier molecular flexibility index (Phi) is 8.87. The number of benzene rings is 1. The lowest BCUT2D eigenvalue weighted by molar-refractivity contribution is -0.126. The lowest BCUT2D eigenvalue weighted by Gasteiger charge is -2.31. The van der Waals surface area contributed by atoms with Crippen LogP contribution in [0.1, 0.15) is 48.9 Å². The monoisotopic (exact) mass is 480 g/mol. The van der Waals surface area contributed by atoms with Gasteiger partial charge >= 0.3 is 0 Å². The molecule has 0 aliphatic carbocycles. The van der Waals surface area contributed by atoms with Gasteiger partial charge < -0.3 is 15.4 Å². The molecule has 2 heterocycles. The molecule has 2 aromatic rings. The van der Waals surface area contributed by atoms with Crippen LogP contribution in [0.2, 0.25) is 0 Å². The Labute approximate surface area is 196 Å². The Morgan fingerprint density at radius 3 is 2.52 bits per heavy atom. The van der Waals surface area contributed by atoms with E-state index in [9.17, 15) is 18.4 Å². The summed E-state index contributed by atoms with van der Waals surface area (Å²) in [7, 11) is 0. The first kappa shape index (κ1) is 25.2. The van der Waals surface area contributed by atoms with Crippen molar-refractivity contribution in [3.05, 3.63) is 46.0 Å². The third-order valence-corrected chi connectivity index (χ3v) is 6.79. The third kappa shape index (κ3) is 7.02. The van der Waals surface area contributed by atoms with E-state index in [0.29, 0.717) is 31.2 Å². The van der Waals surface area contributed by atoms with Crippen LogP contribution >= 0.6 is 11.3 Å². The standard InChI is InChI=1S/C23H30F2N4O3S/c1-4-5-19(27-20(30)12-16-10-17(24)13-18(25)11-16)22(31)28-23-26-14(2)21(33-23)15(3)29-6-8-32-9-7-29/h10-11,13,15,19H,4-9,12H2,1-3H3,(H,27,30)(H,26,28,31). The third-order valence-electron chi connectivity index (χ3n) is 5.55. The first-order chi connectivity index (χ1) is 15.8. The van der Waals surface area contributed by atoms with Crippen molar-refractivity contribution in [1.29, 1.82) is 0 Å². The van der Waals surface area contributed by atoms with Crippen LogP contribution in [0.5, 0.6) is 0 Å². The number of nitrogens with zero attached hydrogens (tertiary/aromatic N) is 2. The molecular formula is C23H30F2N4O3S. The van der Waals surface area contributed by atoms with Crippen LogP contribution in [-0.4, -0.2) is 54.0 Å². The number of carbonyl (C=O) groups is 2. The number of ether oxygens (including phenoxy) is 1. The number of halogens is 2. The van der Waals surface area contributed by atoms with Gasteiger partial charge in [0, 0.05) is 30.1 Å². The molecule has 0 saturated carbocycles. The number of aryl methyl sites for hydroxylation is 1. The van der Waals surface area contributed by atoms with E-state index in [0.717, 1.165) is 41.9 Å². The van der Waals surface area contributed by atoms with E-state index < -0.39 is 23.6 Å². The molecule has 3 rings (SSSR count). The smallest absolute Gasteiger partial charge is 0.248 e. The second-order valence-electron chi connectivity index (χ2n) is 8.15. The van der Waals surface area contributed by atoms with E-state index in [1.165, 1.54) is 11.3 Å². The summed E-state index contributed by atoms with van der Waals surface area (Å²) in [6, 6.07) is 2.35. The summed E-state index contributed by atoms with van der Waals surface area (Å²) in [5.74, 6) is -2.34. The van der Waals surface area contributed by atoms with E-state index in [-0.39, 0.29) is 23.9 Å². The number of hydrogen-bond donors (Lipinski definition) is 2. The molecule has 2 atom stereocenters. The van der Waals surface area contributed by atoms with E-state index in [4.69, 9.17) is 4.74 Å². The average Bonchev–Trinajstić information content (AvgIpc) is 3.12. The average molecular weight is 481 g/mol. The summed E-state index contributed by atoms with van der Waals surface area (Å²) in [5.41, 5.74) is 1.07. The van der Waals surface area contributed by atoms with Crippen molar-refractivity contribution in [2.45, 2.75) is 52.1 Å². The van der Waals surface area contributed by atoms with Crippen molar-refractivity contribution in [2.24, 2.45) is 0 Å². The maximum Gasteiger partial charge on any atom is 0.248 e. The summed E-state index contributed by atoms with van der Waals surface area (Å²) >= 11 is 1.43. The van der Waals surface area contributed by atoms with Crippen molar-refractivity contribution < 1.29 is 23.1 Å². The van der Waals surface area contributed by atoms with Gasteiger partial charge in [-0.1, -0.05) is 24.7 Å². The number of carbonyl (C=O) groups excluding carboxylic acids is 2. The van der Waals surface area contributed by atoms with E-state index in [2.05, 4.69) is 27.4 Å². The molecule has 1 aliphatic rings. The Hall–Kier alpha value is -2.43. The summed E-state index contributed by atoms with van der Waals surface area (Å²) < 4.78 is 32.2. The molecule has 1 saturated heterocycles. The van der Waals surface area contributed by atoms with Gasteiger partial charge in [-0.2, -0.15) is 0 Å². The van der Waals surface area contributed by atoms with Gasteiger partial charge in [0.25, 0.3) is 0 Å². The summed E-state index contributed by atoms with van der Waals surface area (Å²) in [4.78, 5) is 33.2. The fourth-order valence-corrected chi connectivity index (χ4v) is 4.93. The zero-order chi connectivity index (χ0) is 24.0. The van der Waals surface area contributed by atoms with Crippen molar-refractivity contribution in [3.8, 4) is 0 Å². The molecule has 0 spiro atoms. The number of rotatable bonds is 9. The molecule has 7 nitrogen and oxygen atoms in total. The topological polar surface area (TPSA) is 83.6 Å². The minimum atomic E-state index is -0.773. The fourth-order valence-electron chi connectivity index (χ4n) is 3.87. The van der Waals surface area contributed by atoms with Crippen LogP contribution in [-0.2, 0) is 20.7 Å². The minimum Gasteiger partial charge on any atom is -0.379 e. The molecule has 2 N–H and O–H groups in total. The molecule has 1 fully saturated rings. The first-order valence-corrected chi connectivity index (χ1v) is 11.9. The van der Waals surface area contributed by atoms with Gasteiger partial charge in [0.15, 0.2) is 5.13 Å². The maximum atomic E-state index is 13.4. The van der Waals surface area contributed by atoms with Crippen LogP contribution in [0, 0.1) is 18.6 Å². The van der Waals surface area contributed by atoms with Crippen LogP contribution in [0.25, 0.3) is 0 Å². The molecule has 2 amide bonds. The van der Waals surface area contributed by atoms with Gasteiger partial charge in [-0.25, -0.2) is 13.8 Å². The summed E-state index contributed by atoms with van der Waals surface area (Å²) in [5, 5.41) is 5.99. The van der Waals surface area contributed by atoms with Crippen molar-refractivity contribution in [2.75, 3.05) is 31.6 Å². The van der Waals surface area contributed by atoms with Crippen LogP contribution in [0.15, 0.2) is 18.2 Å². The van der Waals surface area contributed by atoms with Crippen molar-refractivity contribution in [3.63, 3.8) is 0 Å². The number of hydrogen-bond acceptors (Lipinski definition) is 6. The van der Waals surface area contributed by atoms with Crippen LogP contribution < -0.4 is 10.6 Å². The summed E-state index contributed by atoms with van der Waals surface area (Å²) in [6.07, 6.45) is 0.874. The molecule has 180 valence electrons. The molecule has 2 unspecified atom stereocenters. The Morgan fingerprint density at radius 1 is 1.21 bits per heavy atom. The number of nitrogens with one attached hydrogen (secondary N) is 2. The molecule has 0 radical (unpaired) electrons. The van der Waals surface area contributed by atoms with Crippen molar-refractivity contribution in [1.82, 2.24) is 15.2 Å². The molecule has 33 heavy (non-hydrogen) atoms. The van der Waals surface area contributed by atoms with Gasteiger partial charge in [-0.3, -0.25) is 14.5 Å². The van der Waals surface area contributed by atoms with Gasteiger partial charge in [0.05, 0.1) is 25.3 Å². The van der Waals surface area contributed by atoms with Crippen molar-refractivity contribution >= 4 is 28.3 Å². The van der Waals surface area contributed by atoms with E-state index in [1.807, 2.05) is 13.8 Å². The Morgan fingerprint density at radius 2 is 1.88 bits per heavy atom. The lowest BCUT2D eigenvalue weighted by atomic mass is 10.1. The SMILES string of the molecule is CCCC(NC(=O)Cc1cc(F)cc(F)c1)C(=O)Nc1nc(C)c(C(C)N2CCOCC2)s1. The number of morpholine rings is 1. The molecule has 10 heteroatoms. The highest BCUT2D eigenvalue weighted by atomic mass is 32.1. The predicted molar refractivity (Wildman–Crippen MR) is 123 cm³/mol. The Bertz CT molecular complexity index is 958. The zero-order valence-electron chi connectivity index (χ0n) is 19.1. The normalized spacial score (nSPS) is 16.3. The van der Waals surface area contributed by atoms with E-state index >= 15 is 0 Å². The largest absolute Gasteiger partial charge is 0.379 e. The highest BCUT2D eigenvalue weighted by molar-refractivity contribution is 7.16. The second-order valence-corrected chi connectivity index (χ2v) is 9.18. The van der Waals surface area contributed by atoms with Gasteiger partial charge in [-0.05, 0) is 38.0 Å². The summed E-state index contributed by atoms with van der Waals surface area (Å²) in [6.45, 7) is 9.04. The van der Waals surface area contributed by atoms with Crippen LogP contribution in [0.4, 0.5) is 13.9 Å². The fraction of sp³-hybridized carbons (Fsp3) is 0.522. The number of aromatic nitrogens is 1. The zero-order valence-corrected chi connectivity index (χ0v) is 19.9. The Balaban J connectivity index is 1.63. The molecule has 0 bridgehead atoms. The van der Waals surface area contributed by atoms with Crippen LogP contribution in [0.3, 0.4) is 0 Å². The highest BCUT2D eigenvalue weighted by Gasteiger charge is 2.25. The molecule has 1 aromatic carbocycles. The molecule has 1 aliphatic heterocycles. The lowest BCUT2D eigenvalue weighted by Crippen LogP contribution is -2.44. The molecular weight excluding hydrogens is 450 g/mol. The number of thiazole rings is 1. The van der Waals surface area contributed by atoms with Gasteiger partial charge in [0.2, 0.25) is 11.8 Å². The second kappa shape index (κ2) is 11.6. The predicted octanol–water partition coefficient (Wildman–Crippen LogP) is 3.59. The van der Waals surface area contributed by atoms with E-state index in [1.54, 1.807) is 0 Å². The number of amides is 2. The minimum absolute atomic E-state index is 0.162. The first-order valence-electron chi connectivity index (χ1n) is 11.1. The number of anilines is 1. The molecule has 1 aromatic heterocycles. The van der Waals surface area contributed by atoms with Gasteiger partial charge in [-0.15, -0.1) is 0 Å². The highest BCUT2D eigenvalue weighted by Crippen LogP contribution is 2.32.